The SMILES string of the molecule is CCC(N)Cc1cnn(CCOc2cccc(Br)c2)c1. The van der Waals surface area contributed by atoms with Crippen molar-refractivity contribution in [3.8, 4) is 5.75 Å². The Labute approximate surface area is 128 Å². The van der Waals surface area contributed by atoms with Gasteiger partial charge in [-0.15, -0.1) is 0 Å². The number of benzene rings is 1. The fourth-order valence-corrected chi connectivity index (χ4v) is 2.27. The first-order chi connectivity index (χ1) is 9.67. The van der Waals surface area contributed by atoms with Crippen molar-refractivity contribution >= 4 is 15.9 Å². The first kappa shape index (κ1) is 15.1. The lowest BCUT2D eigenvalue weighted by Crippen LogP contribution is -2.21. The van der Waals surface area contributed by atoms with Gasteiger partial charge in [0, 0.05) is 16.7 Å². The smallest absolute Gasteiger partial charge is 0.120 e. The van der Waals surface area contributed by atoms with Gasteiger partial charge in [-0.3, -0.25) is 4.68 Å². The predicted octanol–water partition coefficient (Wildman–Crippen LogP) is 3.00. The molecule has 1 heterocycles. The molecule has 0 aliphatic carbocycles. The van der Waals surface area contributed by atoms with Gasteiger partial charge >= 0.3 is 0 Å². The maximum atomic E-state index is 5.94. The maximum Gasteiger partial charge on any atom is 0.120 e. The van der Waals surface area contributed by atoms with Crippen molar-refractivity contribution < 1.29 is 4.74 Å². The van der Waals surface area contributed by atoms with Gasteiger partial charge in [0.2, 0.25) is 0 Å². The Balaban J connectivity index is 1.79. The lowest BCUT2D eigenvalue weighted by molar-refractivity contribution is 0.291. The van der Waals surface area contributed by atoms with Crippen molar-refractivity contribution in [3.05, 3.63) is 46.7 Å². The number of halogens is 1. The zero-order valence-electron chi connectivity index (χ0n) is 11.6. The number of hydrogen-bond donors (Lipinski definition) is 1. The molecule has 2 N–H and O–H groups in total. The molecule has 1 unspecified atom stereocenters. The third kappa shape index (κ3) is 4.65. The van der Waals surface area contributed by atoms with E-state index in [0.29, 0.717) is 6.61 Å². The molecule has 0 amide bonds. The van der Waals surface area contributed by atoms with Crippen molar-refractivity contribution in [1.82, 2.24) is 9.78 Å². The number of nitrogens with zero attached hydrogens (tertiary/aromatic N) is 2. The molecule has 0 saturated carbocycles. The molecule has 0 aliphatic rings. The molecule has 2 rings (SSSR count). The van der Waals surface area contributed by atoms with Crippen molar-refractivity contribution in [2.45, 2.75) is 32.4 Å². The van der Waals surface area contributed by atoms with E-state index < -0.39 is 0 Å². The lowest BCUT2D eigenvalue weighted by atomic mass is 10.1. The topological polar surface area (TPSA) is 53.1 Å². The van der Waals surface area contributed by atoms with Crippen LogP contribution >= 0.6 is 15.9 Å². The predicted molar refractivity (Wildman–Crippen MR) is 83.8 cm³/mol. The van der Waals surface area contributed by atoms with E-state index in [1.807, 2.05) is 41.3 Å². The van der Waals surface area contributed by atoms with Gasteiger partial charge in [-0.25, -0.2) is 0 Å². The summed E-state index contributed by atoms with van der Waals surface area (Å²) in [5, 5.41) is 4.32. The molecule has 0 fully saturated rings. The van der Waals surface area contributed by atoms with Gasteiger partial charge in [0.1, 0.15) is 12.4 Å². The van der Waals surface area contributed by atoms with Crippen molar-refractivity contribution in [3.63, 3.8) is 0 Å². The minimum absolute atomic E-state index is 0.213. The zero-order chi connectivity index (χ0) is 14.4. The number of rotatable bonds is 7. The molecule has 5 heteroatoms. The van der Waals surface area contributed by atoms with E-state index in [1.165, 1.54) is 5.56 Å². The van der Waals surface area contributed by atoms with Crippen LogP contribution in [0.5, 0.6) is 5.75 Å². The second-order valence-electron chi connectivity index (χ2n) is 4.79. The van der Waals surface area contributed by atoms with Crippen LogP contribution in [-0.2, 0) is 13.0 Å². The highest BCUT2D eigenvalue weighted by Crippen LogP contribution is 2.17. The van der Waals surface area contributed by atoms with Gasteiger partial charge in [-0.2, -0.15) is 5.10 Å². The number of aromatic nitrogens is 2. The van der Waals surface area contributed by atoms with Gasteiger partial charge in [0.25, 0.3) is 0 Å². The van der Waals surface area contributed by atoms with Crippen LogP contribution in [0.1, 0.15) is 18.9 Å². The Morgan fingerprint density at radius 3 is 3.05 bits per heavy atom. The standard InChI is InChI=1S/C15H20BrN3O/c1-2-14(17)8-12-10-18-19(11-12)6-7-20-15-5-3-4-13(16)9-15/h3-5,9-11,14H,2,6-8,17H2,1H3. The summed E-state index contributed by atoms with van der Waals surface area (Å²) in [4.78, 5) is 0. The zero-order valence-corrected chi connectivity index (χ0v) is 13.2. The molecule has 2 aromatic rings. The Morgan fingerprint density at radius 1 is 1.45 bits per heavy atom. The molecule has 1 aromatic heterocycles. The summed E-state index contributed by atoms with van der Waals surface area (Å²) in [5.74, 6) is 0.861. The molecular formula is C15H20BrN3O. The summed E-state index contributed by atoms with van der Waals surface area (Å²) in [6.07, 6.45) is 5.79. The van der Waals surface area contributed by atoms with Gasteiger partial charge in [0.05, 0.1) is 12.7 Å². The van der Waals surface area contributed by atoms with E-state index >= 15 is 0 Å². The van der Waals surface area contributed by atoms with Gasteiger partial charge in [0.15, 0.2) is 0 Å². The van der Waals surface area contributed by atoms with E-state index in [0.717, 1.165) is 29.6 Å². The third-order valence-corrected chi connectivity index (χ3v) is 3.59. The van der Waals surface area contributed by atoms with Crippen LogP contribution in [0.4, 0.5) is 0 Å². The van der Waals surface area contributed by atoms with Crippen molar-refractivity contribution in [2.24, 2.45) is 5.73 Å². The first-order valence-corrected chi connectivity index (χ1v) is 7.62. The summed E-state index contributed by atoms with van der Waals surface area (Å²) < 4.78 is 8.60. The summed E-state index contributed by atoms with van der Waals surface area (Å²) in [7, 11) is 0. The molecule has 0 aliphatic heterocycles. The van der Waals surface area contributed by atoms with Crippen molar-refractivity contribution in [1.29, 1.82) is 0 Å². The summed E-state index contributed by atoms with van der Waals surface area (Å²) in [6.45, 7) is 3.42. The minimum Gasteiger partial charge on any atom is -0.492 e. The Kier molecular flexibility index (Phi) is 5.61. The molecule has 0 radical (unpaired) electrons. The molecule has 108 valence electrons. The quantitative estimate of drug-likeness (QED) is 0.844. The van der Waals surface area contributed by atoms with Crippen LogP contribution in [0.2, 0.25) is 0 Å². The van der Waals surface area contributed by atoms with Crippen LogP contribution in [0.15, 0.2) is 41.1 Å². The monoisotopic (exact) mass is 337 g/mol. The van der Waals surface area contributed by atoms with Crippen LogP contribution in [0, 0.1) is 0 Å². The van der Waals surface area contributed by atoms with Crippen LogP contribution in [0.25, 0.3) is 0 Å². The van der Waals surface area contributed by atoms with Crippen LogP contribution < -0.4 is 10.5 Å². The number of nitrogens with two attached hydrogens (primary N) is 1. The number of hydrogen-bond acceptors (Lipinski definition) is 3. The summed E-state index contributed by atoms with van der Waals surface area (Å²) in [6, 6.07) is 8.04. The van der Waals surface area contributed by atoms with Crippen molar-refractivity contribution in [2.75, 3.05) is 6.61 Å². The lowest BCUT2D eigenvalue weighted by Gasteiger charge is -2.07. The maximum absolute atomic E-state index is 5.94. The fraction of sp³-hybridized carbons (Fsp3) is 0.400. The van der Waals surface area contributed by atoms with E-state index in [2.05, 4.69) is 28.0 Å². The second-order valence-corrected chi connectivity index (χ2v) is 5.71. The molecule has 1 atom stereocenters. The molecule has 1 aromatic carbocycles. The molecule has 4 nitrogen and oxygen atoms in total. The second kappa shape index (κ2) is 7.45. The van der Waals surface area contributed by atoms with E-state index in [4.69, 9.17) is 10.5 Å². The normalized spacial score (nSPS) is 12.3. The summed E-state index contributed by atoms with van der Waals surface area (Å²) >= 11 is 3.42. The highest BCUT2D eigenvalue weighted by Gasteiger charge is 2.04. The van der Waals surface area contributed by atoms with Crippen LogP contribution in [0.3, 0.4) is 0 Å². The average molecular weight is 338 g/mol. The molecule has 0 spiro atoms. The highest BCUT2D eigenvalue weighted by molar-refractivity contribution is 9.10. The Bertz CT molecular complexity index is 541. The van der Waals surface area contributed by atoms with E-state index in [-0.39, 0.29) is 6.04 Å². The average Bonchev–Trinajstić information content (AvgIpc) is 2.86. The molecule has 0 bridgehead atoms. The molecular weight excluding hydrogens is 318 g/mol. The first-order valence-electron chi connectivity index (χ1n) is 6.82. The largest absolute Gasteiger partial charge is 0.492 e. The Morgan fingerprint density at radius 2 is 2.30 bits per heavy atom. The molecule has 20 heavy (non-hydrogen) atoms. The highest BCUT2D eigenvalue weighted by atomic mass is 79.9. The van der Waals surface area contributed by atoms with Crippen LogP contribution in [-0.4, -0.2) is 22.4 Å². The minimum atomic E-state index is 0.213. The number of ether oxygens (including phenoxy) is 1. The van der Waals surface area contributed by atoms with E-state index in [1.54, 1.807) is 0 Å². The van der Waals surface area contributed by atoms with Gasteiger partial charge < -0.3 is 10.5 Å². The van der Waals surface area contributed by atoms with Gasteiger partial charge in [-0.1, -0.05) is 28.9 Å². The Hall–Kier alpha value is -1.33. The fourth-order valence-electron chi connectivity index (χ4n) is 1.89. The van der Waals surface area contributed by atoms with E-state index in [9.17, 15) is 0 Å². The molecule has 0 saturated heterocycles. The van der Waals surface area contributed by atoms with Gasteiger partial charge in [-0.05, 0) is 36.6 Å². The third-order valence-electron chi connectivity index (χ3n) is 3.09. The summed E-state index contributed by atoms with van der Waals surface area (Å²) in [5.41, 5.74) is 7.12.